The fourth-order valence-corrected chi connectivity index (χ4v) is 1.47. The van der Waals surface area contributed by atoms with Gasteiger partial charge >= 0.3 is 0 Å². The SMILES string of the molecule is C=CCC(N)C(=O)Nc1cc(C(N)=O)ccc1OC. The summed E-state index contributed by atoms with van der Waals surface area (Å²) < 4.78 is 5.09. The van der Waals surface area contributed by atoms with Gasteiger partial charge in [-0.1, -0.05) is 6.08 Å². The lowest BCUT2D eigenvalue weighted by Gasteiger charge is -2.14. The molecule has 1 rings (SSSR count). The van der Waals surface area contributed by atoms with Crippen LogP contribution in [0.25, 0.3) is 0 Å². The minimum absolute atomic E-state index is 0.272. The van der Waals surface area contributed by atoms with E-state index in [0.717, 1.165) is 0 Å². The Hall–Kier alpha value is -2.34. The molecular formula is C13H17N3O3. The van der Waals surface area contributed by atoms with E-state index in [1.54, 1.807) is 12.1 Å². The monoisotopic (exact) mass is 263 g/mol. The molecule has 1 atom stereocenters. The molecule has 0 saturated heterocycles. The third-order valence-electron chi connectivity index (χ3n) is 2.50. The highest BCUT2D eigenvalue weighted by molar-refractivity contribution is 5.99. The van der Waals surface area contributed by atoms with Crippen LogP contribution in [0.5, 0.6) is 5.75 Å². The highest BCUT2D eigenvalue weighted by atomic mass is 16.5. The number of hydrogen-bond donors (Lipinski definition) is 3. The van der Waals surface area contributed by atoms with Crippen LogP contribution in [-0.2, 0) is 4.79 Å². The Morgan fingerprint density at radius 3 is 2.74 bits per heavy atom. The molecule has 0 aromatic heterocycles. The molecule has 0 aliphatic rings. The first-order valence-electron chi connectivity index (χ1n) is 5.64. The highest BCUT2D eigenvalue weighted by Crippen LogP contribution is 2.25. The molecule has 1 unspecified atom stereocenters. The van der Waals surface area contributed by atoms with Crippen LogP contribution >= 0.6 is 0 Å². The van der Waals surface area contributed by atoms with Crippen molar-refractivity contribution in [1.82, 2.24) is 0 Å². The molecule has 1 aromatic carbocycles. The van der Waals surface area contributed by atoms with E-state index in [4.69, 9.17) is 16.2 Å². The second-order valence-corrected chi connectivity index (χ2v) is 3.90. The quantitative estimate of drug-likeness (QED) is 0.654. The van der Waals surface area contributed by atoms with Crippen LogP contribution in [0.2, 0.25) is 0 Å². The Bertz CT molecular complexity index is 500. The zero-order valence-electron chi connectivity index (χ0n) is 10.7. The van der Waals surface area contributed by atoms with Crippen molar-refractivity contribution in [2.75, 3.05) is 12.4 Å². The van der Waals surface area contributed by atoms with E-state index in [2.05, 4.69) is 11.9 Å². The molecule has 19 heavy (non-hydrogen) atoms. The van der Waals surface area contributed by atoms with Crippen molar-refractivity contribution in [3.63, 3.8) is 0 Å². The zero-order valence-corrected chi connectivity index (χ0v) is 10.7. The van der Waals surface area contributed by atoms with Crippen LogP contribution in [-0.4, -0.2) is 25.0 Å². The van der Waals surface area contributed by atoms with Gasteiger partial charge in [0.1, 0.15) is 5.75 Å². The van der Waals surface area contributed by atoms with E-state index in [9.17, 15) is 9.59 Å². The molecule has 2 amide bonds. The topological polar surface area (TPSA) is 107 Å². The number of primary amides is 1. The highest BCUT2D eigenvalue weighted by Gasteiger charge is 2.15. The van der Waals surface area contributed by atoms with E-state index in [1.165, 1.54) is 19.2 Å². The molecule has 1 aromatic rings. The summed E-state index contributed by atoms with van der Waals surface area (Å²) in [5.74, 6) is -0.558. The minimum atomic E-state index is -0.709. The summed E-state index contributed by atoms with van der Waals surface area (Å²) in [6.45, 7) is 3.52. The molecule has 5 N–H and O–H groups in total. The van der Waals surface area contributed by atoms with E-state index >= 15 is 0 Å². The molecule has 0 heterocycles. The average molecular weight is 263 g/mol. The fourth-order valence-electron chi connectivity index (χ4n) is 1.47. The maximum absolute atomic E-state index is 11.8. The maximum Gasteiger partial charge on any atom is 0.248 e. The number of amides is 2. The lowest BCUT2D eigenvalue weighted by Crippen LogP contribution is -2.35. The third-order valence-corrected chi connectivity index (χ3v) is 2.50. The molecule has 0 saturated carbocycles. The summed E-state index contributed by atoms with van der Waals surface area (Å²) in [7, 11) is 1.46. The van der Waals surface area contributed by atoms with Crippen molar-refractivity contribution < 1.29 is 14.3 Å². The number of anilines is 1. The second-order valence-electron chi connectivity index (χ2n) is 3.90. The van der Waals surface area contributed by atoms with Crippen LogP contribution in [0.4, 0.5) is 5.69 Å². The van der Waals surface area contributed by atoms with Crippen molar-refractivity contribution in [1.29, 1.82) is 0 Å². The predicted octanol–water partition coefficient (Wildman–Crippen LogP) is 0.636. The standard InChI is InChI=1S/C13H17N3O3/c1-3-4-9(14)13(18)16-10-7-8(12(15)17)5-6-11(10)19-2/h3,5-7,9H,1,4,14H2,2H3,(H2,15,17)(H,16,18). The summed E-state index contributed by atoms with van der Waals surface area (Å²) in [6, 6.07) is 3.80. The first kappa shape index (κ1) is 14.7. The van der Waals surface area contributed by atoms with E-state index < -0.39 is 11.9 Å². The summed E-state index contributed by atoms with van der Waals surface area (Å²) in [6.07, 6.45) is 1.91. The fraction of sp³-hybridized carbons (Fsp3) is 0.231. The van der Waals surface area contributed by atoms with E-state index in [0.29, 0.717) is 17.9 Å². The van der Waals surface area contributed by atoms with Gasteiger partial charge in [-0.25, -0.2) is 0 Å². The second kappa shape index (κ2) is 6.55. The summed E-state index contributed by atoms with van der Waals surface area (Å²) >= 11 is 0. The summed E-state index contributed by atoms with van der Waals surface area (Å²) in [5, 5.41) is 2.60. The van der Waals surface area contributed by atoms with Crippen molar-refractivity contribution >= 4 is 17.5 Å². The molecule has 0 aliphatic heterocycles. The van der Waals surface area contributed by atoms with Gasteiger partial charge < -0.3 is 21.5 Å². The molecular weight excluding hydrogens is 246 g/mol. The van der Waals surface area contributed by atoms with E-state index in [1.807, 2.05) is 0 Å². The number of benzene rings is 1. The van der Waals surface area contributed by atoms with Gasteiger partial charge in [0, 0.05) is 5.56 Å². The Morgan fingerprint density at radius 1 is 1.53 bits per heavy atom. The van der Waals surface area contributed by atoms with Gasteiger partial charge in [-0.05, 0) is 24.6 Å². The molecule has 0 bridgehead atoms. The number of hydrogen-bond acceptors (Lipinski definition) is 4. The molecule has 0 radical (unpaired) electrons. The maximum atomic E-state index is 11.8. The van der Waals surface area contributed by atoms with Crippen LogP contribution in [0.15, 0.2) is 30.9 Å². The summed E-state index contributed by atoms with van der Waals surface area (Å²) in [4.78, 5) is 22.9. The number of rotatable bonds is 6. The van der Waals surface area contributed by atoms with Gasteiger partial charge in [-0.15, -0.1) is 6.58 Å². The molecule has 6 heteroatoms. The first-order chi connectivity index (χ1) is 8.99. The Labute approximate surface area is 111 Å². The van der Waals surface area contributed by atoms with Gasteiger partial charge in [0.05, 0.1) is 18.8 Å². The largest absolute Gasteiger partial charge is 0.495 e. The molecule has 6 nitrogen and oxygen atoms in total. The van der Waals surface area contributed by atoms with Crippen molar-refractivity contribution in [3.8, 4) is 5.75 Å². The van der Waals surface area contributed by atoms with Gasteiger partial charge in [-0.2, -0.15) is 0 Å². The molecule has 0 spiro atoms. The number of nitrogens with two attached hydrogens (primary N) is 2. The smallest absolute Gasteiger partial charge is 0.248 e. The van der Waals surface area contributed by atoms with Crippen LogP contribution in [0.3, 0.4) is 0 Å². The van der Waals surface area contributed by atoms with Crippen molar-refractivity contribution in [3.05, 3.63) is 36.4 Å². The lowest BCUT2D eigenvalue weighted by molar-refractivity contribution is -0.117. The Morgan fingerprint density at radius 2 is 2.21 bits per heavy atom. The normalized spacial score (nSPS) is 11.5. The Balaban J connectivity index is 2.97. The molecule has 102 valence electrons. The number of carbonyl (C=O) groups is 2. The minimum Gasteiger partial charge on any atom is -0.495 e. The van der Waals surface area contributed by atoms with Crippen LogP contribution in [0.1, 0.15) is 16.8 Å². The molecule has 0 fully saturated rings. The average Bonchev–Trinajstić information content (AvgIpc) is 2.38. The van der Waals surface area contributed by atoms with Crippen LogP contribution < -0.4 is 21.5 Å². The van der Waals surface area contributed by atoms with Gasteiger partial charge in [0.2, 0.25) is 11.8 Å². The zero-order chi connectivity index (χ0) is 14.4. The third kappa shape index (κ3) is 3.82. The molecule has 0 aliphatic carbocycles. The first-order valence-corrected chi connectivity index (χ1v) is 5.64. The lowest BCUT2D eigenvalue weighted by atomic mass is 10.1. The Kier molecular flexibility index (Phi) is 5.08. The predicted molar refractivity (Wildman–Crippen MR) is 72.9 cm³/mol. The number of ether oxygens (including phenoxy) is 1. The van der Waals surface area contributed by atoms with Crippen LogP contribution in [0, 0.1) is 0 Å². The van der Waals surface area contributed by atoms with Crippen molar-refractivity contribution in [2.24, 2.45) is 11.5 Å². The van der Waals surface area contributed by atoms with Gasteiger partial charge in [0.25, 0.3) is 0 Å². The number of methoxy groups -OCH3 is 1. The van der Waals surface area contributed by atoms with Crippen molar-refractivity contribution in [2.45, 2.75) is 12.5 Å². The van der Waals surface area contributed by atoms with E-state index in [-0.39, 0.29) is 11.5 Å². The number of nitrogens with one attached hydrogen (secondary N) is 1. The number of carbonyl (C=O) groups excluding carboxylic acids is 2. The van der Waals surface area contributed by atoms with Gasteiger partial charge in [-0.3, -0.25) is 9.59 Å². The van der Waals surface area contributed by atoms with Gasteiger partial charge in [0.15, 0.2) is 0 Å². The summed E-state index contributed by atoms with van der Waals surface area (Å²) in [5.41, 5.74) is 11.5.